The number of methoxy groups -OCH3 is 1. The fraction of sp³-hybridized carbons (Fsp3) is 0.303. The lowest BCUT2D eigenvalue weighted by molar-refractivity contribution is -0.140. The molecule has 42 heavy (non-hydrogen) atoms. The van der Waals surface area contributed by atoms with Crippen LogP contribution in [-0.4, -0.2) is 53.2 Å². The van der Waals surface area contributed by atoms with E-state index in [1.165, 1.54) is 17.0 Å². The lowest BCUT2D eigenvalue weighted by atomic mass is 9.98. The van der Waals surface area contributed by atoms with Crippen LogP contribution in [0.25, 0.3) is 6.08 Å². The van der Waals surface area contributed by atoms with Crippen molar-refractivity contribution >= 4 is 29.7 Å². The molecular weight excluding hydrogens is 534 g/mol. The standard InChI is InChI=1S/C33H39N3O6/c1-7-22-10-9-11-24(20-22)29(30(38)34-25-14-18-27(41-6)19-15-25)36(8-2)31(39)28(35-32(40)42-33(3,4)5)21-23-12-16-26(37)17-13-23/h7,9-20,28-29,37H,1,8,21H2,2-6H3,(H,34,38)(H,35,40). The van der Waals surface area contributed by atoms with Gasteiger partial charge in [0.1, 0.15) is 29.2 Å². The van der Waals surface area contributed by atoms with Crippen molar-refractivity contribution in [1.82, 2.24) is 10.2 Å². The summed E-state index contributed by atoms with van der Waals surface area (Å²) in [5.74, 6) is -0.194. The summed E-state index contributed by atoms with van der Waals surface area (Å²) < 4.78 is 10.7. The highest BCUT2D eigenvalue weighted by Gasteiger charge is 2.36. The number of hydrogen-bond donors (Lipinski definition) is 3. The molecule has 0 fully saturated rings. The van der Waals surface area contributed by atoms with Gasteiger partial charge in [0.05, 0.1) is 7.11 Å². The van der Waals surface area contributed by atoms with Gasteiger partial charge < -0.3 is 30.1 Å². The normalized spacial score (nSPS) is 12.4. The molecule has 0 aliphatic rings. The number of likely N-dealkylation sites (N-methyl/N-ethyl adjacent to an activating group) is 1. The van der Waals surface area contributed by atoms with Gasteiger partial charge in [-0.3, -0.25) is 9.59 Å². The highest BCUT2D eigenvalue weighted by molar-refractivity contribution is 5.99. The quantitative estimate of drug-likeness (QED) is 0.271. The van der Waals surface area contributed by atoms with Crippen LogP contribution < -0.4 is 15.4 Å². The fourth-order valence-electron chi connectivity index (χ4n) is 4.40. The van der Waals surface area contributed by atoms with Gasteiger partial charge in [0, 0.05) is 18.7 Å². The molecule has 3 amide bonds. The number of hydrogen-bond acceptors (Lipinski definition) is 6. The van der Waals surface area contributed by atoms with Crippen molar-refractivity contribution in [3.05, 3.63) is 96.1 Å². The number of phenols is 1. The molecule has 0 saturated heterocycles. The second-order valence-electron chi connectivity index (χ2n) is 10.7. The molecule has 0 saturated carbocycles. The van der Waals surface area contributed by atoms with Crippen LogP contribution in [0.15, 0.2) is 79.4 Å². The van der Waals surface area contributed by atoms with Crippen molar-refractivity contribution in [2.24, 2.45) is 0 Å². The Hall–Kier alpha value is -4.79. The number of rotatable bonds is 11. The predicted octanol–water partition coefficient (Wildman–Crippen LogP) is 5.71. The summed E-state index contributed by atoms with van der Waals surface area (Å²) in [6, 6.07) is 18.4. The van der Waals surface area contributed by atoms with E-state index in [2.05, 4.69) is 17.2 Å². The van der Waals surface area contributed by atoms with Crippen LogP contribution in [0.3, 0.4) is 0 Å². The molecule has 0 aliphatic carbocycles. The molecule has 0 heterocycles. The number of ether oxygens (including phenoxy) is 2. The Balaban J connectivity index is 2.02. The van der Waals surface area contributed by atoms with Gasteiger partial charge in [-0.05, 0) is 86.8 Å². The summed E-state index contributed by atoms with van der Waals surface area (Å²) in [4.78, 5) is 42.4. The molecule has 0 aliphatic heterocycles. The van der Waals surface area contributed by atoms with Crippen molar-refractivity contribution in [2.45, 2.75) is 51.8 Å². The summed E-state index contributed by atoms with van der Waals surface area (Å²) in [6.07, 6.45) is 1.01. The molecule has 3 N–H and O–H groups in total. The van der Waals surface area contributed by atoms with Crippen molar-refractivity contribution in [3.63, 3.8) is 0 Å². The third-order valence-electron chi connectivity index (χ3n) is 6.37. The maximum absolute atomic E-state index is 14.2. The first-order chi connectivity index (χ1) is 19.9. The Morgan fingerprint density at radius 1 is 1.02 bits per heavy atom. The predicted molar refractivity (Wildman–Crippen MR) is 163 cm³/mol. The molecular formula is C33H39N3O6. The molecule has 9 nitrogen and oxygen atoms in total. The van der Waals surface area contributed by atoms with E-state index >= 15 is 0 Å². The summed E-state index contributed by atoms with van der Waals surface area (Å²) in [6.45, 7) is 11.0. The Kier molecular flexibility index (Phi) is 10.7. The third kappa shape index (κ3) is 8.86. The number of phenolic OH excluding ortho intramolecular Hbond substituents is 1. The lowest BCUT2D eigenvalue weighted by Gasteiger charge is -2.34. The van der Waals surface area contributed by atoms with Gasteiger partial charge in [-0.2, -0.15) is 0 Å². The van der Waals surface area contributed by atoms with Crippen LogP contribution in [-0.2, 0) is 20.7 Å². The third-order valence-corrected chi connectivity index (χ3v) is 6.37. The average Bonchev–Trinajstić information content (AvgIpc) is 2.95. The van der Waals surface area contributed by atoms with E-state index in [9.17, 15) is 19.5 Å². The molecule has 0 radical (unpaired) electrons. The van der Waals surface area contributed by atoms with Crippen molar-refractivity contribution < 1.29 is 29.0 Å². The zero-order chi connectivity index (χ0) is 30.9. The van der Waals surface area contributed by atoms with E-state index in [1.807, 2.05) is 6.07 Å². The van der Waals surface area contributed by atoms with E-state index in [0.717, 1.165) is 5.56 Å². The molecule has 2 unspecified atom stereocenters. The van der Waals surface area contributed by atoms with Gasteiger partial charge >= 0.3 is 6.09 Å². The number of anilines is 1. The maximum Gasteiger partial charge on any atom is 0.408 e. The number of carbonyl (C=O) groups is 3. The zero-order valence-corrected chi connectivity index (χ0v) is 24.7. The lowest BCUT2D eigenvalue weighted by Crippen LogP contribution is -2.53. The van der Waals surface area contributed by atoms with Crippen molar-refractivity contribution in [2.75, 3.05) is 19.0 Å². The molecule has 0 bridgehead atoms. The molecule has 0 spiro atoms. The summed E-state index contributed by atoms with van der Waals surface area (Å²) in [5.41, 5.74) is 1.81. The van der Waals surface area contributed by atoms with Gasteiger partial charge in [0.15, 0.2) is 0 Å². The van der Waals surface area contributed by atoms with Gasteiger partial charge in [0.25, 0.3) is 5.91 Å². The largest absolute Gasteiger partial charge is 0.508 e. The Labute approximate surface area is 247 Å². The number of nitrogens with one attached hydrogen (secondary N) is 2. The van der Waals surface area contributed by atoms with Gasteiger partial charge in [-0.25, -0.2) is 4.79 Å². The number of benzene rings is 3. The van der Waals surface area contributed by atoms with E-state index in [1.54, 1.807) is 95.5 Å². The summed E-state index contributed by atoms with van der Waals surface area (Å²) >= 11 is 0. The number of carbonyl (C=O) groups excluding carboxylic acids is 3. The molecule has 3 aromatic carbocycles. The Morgan fingerprint density at radius 3 is 2.26 bits per heavy atom. The van der Waals surface area contributed by atoms with Crippen LogP contribution in [0.5, 0.6) is 11.5 Å². The molecule has 0 aromatic heterocycles. The Morgan fingerprint density at radius 2 is 1.69 bits per heavy atom. The van der Waals surface area contributed by atoms with Crippen molar-refractivity contribution in [3.8, 4) is 11.5 Å². The minimum absolute atomic E-state index is 0.0780. The van der Waals surface area contributed by atoms with Crippen LogP contribution >= 0.6 is 0 Å². The number of alkyl carbamates (subject to hydrolysis) is 1. The number of amides is 3. The Bertz CT molecular complexity index is 1380. The van der Waals surface area contributed by atoms with Crippen LogP contribution in [0, 0.1) is 0 Å². The topological polar surface area (TPSA) is 117 Å². The minimum atomic E-state index is -1.07. The SMILES string of the molecule is C=Cc1cccc(C(C(=O)Nc2ccc(OC)cc2)N(CC)C(=O)C(Cc2ccc(O)cc2)NC(=O)OC(C)(C)C)c1. The monoisotopic (exact) mass is 573 g/mol. The molecule has 3 rings (SSSR count). The molecule has 3 aromatic rings. The van der Waals surface area contributed by atoms with E-state index < -0.39 is 35.6 Å². The average molecular weight is 574 g/mol. The molecule has 9 heteroatoms. The van der Waals surface area contributed by atoms with E-state index in [0.29, 0.717) is 22.6 Å². The summed E-state index contributed by atoms with van der Waals surface area (Å²) in [7, 11) is 1.56. The van der Waals surface area contributed by atoms with Crippen LogP contribution in [0.1, 0.15) is 50.4 Å². The van der Waals surface area contributed by atoms with Crippen LogP contribution in [0.2, 0.25) is 0 Å². The van der Waals surface area contributed by atoms with E-state index in [4.69, 9.17) is 9.47 Å². The van der Waals surface area contributed by atoms with Crippen molar-refractivity contribution in [1.29, 1.82) is 0 Å². The van der Waals surface area contributed by atoms with Gasteiger partial charge in [-0.1, -0.05) is 43.0 Å². The smallest absolute Gasteiger partial charge is 0.408 e. The first kappa shape index (κ1) is 31.7. The molecule has 2 atom stereocenters. The maximum atomic E-state index is 14.2. The second kappa shape index (κ2) is 14.2. The first-order valence-corrected chi connectivity index (χ1v) is 13.7. The van der Waals surface area contributed by atoms with E-state index in [-0.39, 0.29) is 18.7 Å². The second-order valence-corrected chi connectivity index (χ2v) is 10.7. The highest BCUT2D eigenvalue weighted by Crippen LogP contribution is 2.27. The van der Waals surface area contributed by atoms with Crippen LogP contribution in [0.4, 0.5) is 10.5 Å². The minimum Gasteiger partial charge on any atom is -0.508 e. The highest BCUT2D eigenvalue weighted by atomic mass is 16.6. The fourth-order valence-corrected chi connectivity index (χ4v) is 4.40. The number of nitrogens with zero attached hydrogens (tertiary/aromatic N) is 1. The zero-order valence-electron chi connectivity index (χ0n) is 24.7. The first-order valence-electron chi connectivity index (χ1n) is 13.7. The van der Waals surface area contributed by atoms with Gasteiger partial charge in [-0.15, -0.1) is 0 Å². The number of aromatic hydroxyl groups is 1. The summed E-state index contributed by atoms with van der Waals surface area (Å²) in [5, 5.41) is 15.3. The van der Waals surface area contributed by atoms with Gasteiger partial charge in [0.2, 0.25) is 5.91 Å². The molecule has 222 valence electrons.